The van der Waals surface area contributed by atoms with Crippen molar-refractivity contribution in [1.82, 2.24) is 0 Å². The predicted octanol–water partition coefficient (Wildman–Crippen LogP) is 3.38. The van der Waals surface area contributed by atoms with Crippen molar-refractivity contribution in [1.29, 1.82) is 0 Å². The number of methoxy groups -OCH3 is 1. The zero-order valence-corrected chi connectivity index (χ0v) is 9.40. The third-order valence-corrected chi connectivity index (χ3v) is 2.70. The van der Waals surface area contributed by atoms with Gasteiger partial charge in [-0.05, 0) is 30.2 Å². The zero-order valence-electron chi connectivity index (χ0n) is 9.40. The Kier molecular flexibility index (Phi) is 2.82. The van der Waals surface area contributed by atoms with Crippen LogP contribution in [-0.2, 0) is 0 Å². The van der Waals surface area contributed by atoms with Crippen molar-refractivity contribution in [3.8, 4) is 22.6 Å². The largest absolute Gasteiger partial charge is 0.508 e. The fraction of sp³-hybridized carbons (Fsp3) is 0.143. The van der Waals surface area contributed by atoms with Crippen molar-refractivity contribution < 1.29 is 9.84 Å². The van der Waals surface area contributed by atoms with E-state index < -0.39 is 0 Å². The van der Waals surface area contributed by atoms with Gasteiger partial charge in [0.15, 0.2) is 0 Å². The van der Waals surface area contributed by atoms with Crippen LogP contribution in [0.3, 0.4) is 0 Å². The molecule has 0 aromatic heterocycles. The molecule has 0 saturated heterocycles. The van der Waals surface area contributed by atoms with Crippen molar-refractivity contribution in [3.63, 3.8) is 0 Å². The summed E-state index contributed by atoms with van der Waals surface area (Å²) in [6.07, 6.45) is 0. The standard InChI is InChI=1S/C14H14O2/c1-10-11(7-5-8-13(10)15)12-6-3-4-9-14(12)16-2/h3-9,15H,1-2H3. The molecule has 0 aliphatic rings. The molecule has 0 saturated carbocycles. The number of benzene rings is 2. The third kappa shape index (κ3) is 1.74. The van der Waals surface area contributed by atoms with Gasteiger partial charge in [0.05, 0.1) is 7.11 Å². The van der Waals surface area contributed by atoms with Gasteiger partial charge in [-0.3, -0.25) is 0 Å². The van der Waals surface area contributed by atoms with Gasteiger partial charge in [0.1, 0.15) is 11.5 Å². The van der Waals surface area contributed by atoms with Gasteiger partial charge in [0.25, 0.3) is 0 Å². The molecule has 0 aliphatic heterocycles. The van der Waals surface area contributed by atoms with Crippen LogP contribution < -0.4 is 4.74 Å². The van der Waals surface area contributed by atoms with E-state index in [-0.39, 0.29) is 0 Å². The highest BCUT2D eigenvalue weighted by Gasteiger charge is 2.09. The van der Waals surface area contributed by atoms with Crippen LogP contribution in [0, 0.1) is 6.92 Å². The molecule has 0 spiro atoms. The van der Waals surface area contributed by atoms with E-state index in [4.69, 9.17) is 4.74 Å². The lowest BCUT2D eigenvalue weighted by Crippen LogP contribution is -1.89. The summed E-state index contributed by atoms with van der Waals surface area (Å²) in [5.41, 5.74) is 2.86. The van der Waals surface area contributed by atoms with Crippen LogP contribution in [0.1, 0.15) is 5.56 Å². The first-order valence-corrected chi connectivity index (χ1v) is 5.16. The predicted molar refractivity (Wildman–Crippen MR) is 64.8 cm³/mol. The minimum Gasteiger partial charge on any atom is -0.508 e. The van der Waals surface area contributed by atoms with E-state index in [0.717, 1.165) is 22.4 Å². The molecule has 0 atom stereocenters. The fourth-order valence-corrected chi connectivity index (χ4v) is 1.78. The van der Waals surface area contributed by atoms with Crippen molar-refractivity contribution in [2.24, 2.45) is 0 Å². The summed E-state index contributed by atoms with van der Waals surface area (Å²) in [6, 6.07) is 13.3. The lowest BCUT2D eigenvalue weighted by atomic mass is 9.99. The van der Waals surface area contributed by atoms with Crippen LogP contribution in [0.2, 0.25) is 0 Å². The Morgan fingerprint density at radius 2 is 1.62 bits per heavy atom. The minimum atomic E-state index is 0.309. The summed E-state index contributed by atoms with van der Waals surface area (Å²) in [7, 11) is 1.65. The Hall–Kier alpha value is -1.96. The maximum atomic E-state index is 9.68. The quantitative estimate of drug-likeness (QED) is 0.830. The van der Waals surface area contributed by atoms with Crippen LogP contribution in [0.4, 0.5) is 0 Å². The number of hydrogen-bond donors (Lipinski definition) is 1. The summed E-state index contributed by atoms with van der Waals surface area (Å²) in [6.45, 7) is 1.90. The van der Waals surface area contributed by atoms with Gasteiger partial charge in [-0.25, -0.2) is 0 Å². The molecule has 82 valence electrons. The monoisotopic (exact) mass is 214 g/mol. The molecule has 16 heavy (non-hydrogen) atoms. The Balaban J connectivity index is 2.63. The van der Waals surface area contributed by atoms with Gasteiger partial charge < -0.3 is 9.84 Å². The van der Waals surface area contributed by atoms with Crippen LogP contribution in [0.25, 0.3) is 11.1 Å². The van der Waals surface area contributed by atoms with Gasteiger partial charge in [-0.15, -0.1) is 0 Å². The average Bonchev–Trinajstić information content (AvgIpc) is 2.33. The number of aromatic hydroxyl groups is 1. The molecule has 2 nitrogen and oxygen atoms in total. The van der Waals surface area contributed by atoms with Crippen LogP contribution in [-0.4, -0.2) is 12.2 Å². The Morgan fingerprint density at radius 3 is 2.38 bits per heavy atom. The van der Waals surface area contributed by atoms with Gasteiger partial charge in [-0.2, -0.15) is 0 Å². The van der Waals surface area contributed by atoms with Crippen molar-refractivity contribution >= 4 is 0 Å². The van der Waals surface area contributed by atoms with E-state index >= 15 is 0 Å². The van der Waals surface area contributed by atoms with Crippen molar-refractivity contribution in [2.45, 2.75) is 6.92 Å². The first-order valence-electron chi connectivity index (χ1n) is 5.16. The molecule has 1 N–H and O–H groups in total. The number of phenols is 1. The molecule has 0 unspecified atom stereocenters. The summed E-state index contributed by atoms with van der Waals surface area (Å²) >= 11 is 0. The Labute approximate surface area is 95.1 Å². The second-order valence-electron chi connectivity index (χ2n) is 3.65. The van der Waals surface area contributed by atoms with Gasteiger partial charge in [0, 0.05) is 5.56 Å². The average molecular weight is 214 g/mol. The molecule has 2 aromatic rings. The molecule has 0 amide bonds. The number of hydrogen-bond acceptors (Lipinski definition) is 2. The van der Waals surface area contributed by atoms with Crippen LogP contribution in [0.5, 0.6) is 11.5 Å². The van der Waals surface area contributed by atoms with Crippen molar-refractivity contribution in [2.75, 3.05) is 7.11 Å². The molecule has 2 heteroatoms. The number of rotatable bonds is 2. The summed E-state index contributed by atoms with van der Waals surface area (Å²) in [5.74, 6) is 1.12. The highest BCUT2D eigenvalue weighted by atomic mass is 16.5. The maximum Gasteiger partial charge on any atom is 0.126 e. The van der Waals surface area contributed by atoms with E-state index in [1.54, 1.807) is 13.2 Å². The SMILES string of the molecule is COc1ccccc1-c1cccc(O)c1C. The molecule has 2 aromatic carbocycles. The first kappa shape index (κ1) is 10.6. The molecule has 0 fully saturated rings. The molecular weight excluding hydrogens is 200 g/mol. The zero-order chi connectivity index (χ0) is 11.5. The van der Waals surface area contributed by atoms with E-state index in [1.807, 2.05) is 43.3 Å². The molecule has 2 rings (SSSR count). The molecule has 0 aliphatic carbocycles. The lowest BCUT2D eigenvalue weighted by Gasteiger charge is -2.11. The van der Waals surface area contributed by atoms with Gasteiger partial charge >= 0.3 is 0 Å². The molecule has 0 heterocycles. The highest BCUT2D eigenvalue weighted by Crippen LogP contribution is 2.34. The second-order valence-corrected chi connectivity index (χ2v) is 3.65. The number of ether oxygens (including phenoxy) is 1. The Morgan fingerprint density at radius 1 is 0.938 bits per heavy atom. The molecular formula is C14H14O2. The summed E-state index contributed by atoms with van der Waals surface area (Å²) in [5, 5.41) is 9.68. The smallest absolute Gasteiger partial charge is 0.126 e. The van der Waals surface area contributed by atoms with Crippen LogP contribution >= 0.6 is 0 Å². The number of para-hydroxylation sites is 1. The molecule has 0 radical (unpaired) electrons. The minimum absolute atomic E-state index is 0.309. The van der Waals surface area contributed by atoms with Gasteiger partial charge in [-0.1, -0.05) is 30.3 Å². The summed E-state index contributed by atoms with van der Waals surface area (Å²) in [4.78, 5) is 0. The van der Waals surface area contributed by atoms with E-state index in [2.05, 4.69) is 0 Å². The number of phenolic OH excluding ortho intramolecular Hbond substituents is 1. The fourth-order valence-electron chi connectivity index (χ4n) is 1.78. The normalized spacial score (nSPS) is 10.1. The summed E-state index contributed by atoms with van der Waals surface area (Å²) < 4.78 is 5.31. The second kappa shape index (κ2) is 4.27. The Bertz CT molecular complexity index is 504. The van der Waals surface area contributed by atoms with E-state index in [0.29, 0.717) is 5.75 Å². The topological polar surface area (TPSA) is 29.5 Å². The third-order valence-electron chi connectivity index (χ3n) is 2.70. The maximum absolute atomic E-state index is 9.68. The van der Waals surface area contributed by atoms with Crippen molar-refractivity contribution in [3.05, 3.63) is 48.0 Å². The first-order chi connectivity index (χ1) is 7.74. The molecule has 0 bridgehead atoms. The van der Waals surface area contributed by atoms with E-state index in [9.17, 15) is 5.11 Å². The highest BCUT2D eigenvalue weighted by molar-refractivity contribution is 5.74. The lowest BCUT2D eigenvalue weighted by molar-refractivity contribution is 0.416. The van der Waals surface area contributed by atoms with Crippen LogP contribution in [0.15, 0.2) is 42.5 Å². The van der Waals surface area contributed by atoms with Gasteiger partial charge in [0.2, 0.25) is 0 Å². The van der Waals surface area contributed by atoms with E-state index in [1.165, 1.54) is 0 Å².